The van der Waals surface area contributed by atoms with E-state index in [-0.39, 0.29) is 11.5 Å². The Hall–Kier alpha value is -1.38. The van der Waals surface area contributed by atoms with Crippen molar-refractivity contribution in [3.05, 3.63) is 35.1 Å². The molecule has 1 unspecified atom stereocenters. The van der Waals surface area contributed by atoms with E-state index in [0.29, 0.717) is 5.92 Å². The van der Waals surface area contributed by atoms with Gasteiger partial charge in [-0.05, 0) is 37.0 Å². The molecule has 3 heteroatoms. The molecule has 1 heterocycles. The van der Waals surface area contributed by atoms with Gasteiger partial charge in [-0.15, -0.1) is 0 Å². The molecule has 0 N–H and O–H groups in total. The summed E-state index contributed by atoms with van der Waals surface area (Å²) in [5.41, 5.74) is 1.04. The molecule has 1 saturated heterocycles. The minimum absolute atomic E-state index is 0.168. The van der Waals surface area contributed by atoms with Crippen LogP contribution in [0.3, 0.4) is 0 Å². The maximum Gasteiger partial charge on any atom is 0.256 e. The minimum atomic E-state index is -0.407. The molecule has 0 bridgehead atoms. The molecule has 0 saturated carbocycles. The van der Waals surface area contributed by atoms with Gasteiger partial charge >= 0.3 is 0 Å². The van der Waals surface area contributed by atoms with E-state index in [1.54, 1.807) is 17.0 Å². The quantitative estimate of drug-likeness (QED) is 0.771. The van der Waals surface area contributed by atoms with Crippen LogP contribution in [0.5, 0.6) is 0 Å². The van der Waals surface area contributed by atoms with Gasteiger partial charge in [0.15, 0.2) is 0 Å². The Morgan fingerprint density at radius 2 is 2.29 bits per heavy atom. The van der Waals surface area contributed by atoms with Crippen molar-refractivity contribution in [3.8, 4) is 0 Å². The van der Waals surface area contributed by atoms with Gasteiger partial charge in [-0.2, -0.15) is 0 Å². The molecule has 1 aliphatic heterocycles. The molecule has 17 heavy (non-hydrogen) atoms. The highest BCUT2D eigenvalue weighted by atomic mass is 19.1. The molecular formula is C14H18FNO. The van der Waals surface area contributed by atoms with Crippen molar-refractivity contribution < 1.29 is 9.18 Å². The van der Waals surface area contributed by atoms with Gasteiger partial charge in [0.05, 0.1) is 5.56 Å². The summed E-state index contributed by atoms with van der Waals surface area (Å²) in [5.74, 6) is 0.000794. The molecule has 0 aliphatic carbocycles. The Morgan fingerprint density at radius 3 is 2.88 bits per heavy atom. The fourth-order valence-electron chi connectivity index (χ4n) is 2.31. The normalized spacial score (nSPS) is 19.7. The number of amides is 1. The first kappa shape index (κ1) is 12.1. The van der Waals surface area contributed by atoms with Crippen LogP contribution in [0.25, 0.3) is 0 Å². The van der Waals surface area contributed by atoms with E-state index in [4.69, 9.17) is 0 Å². The molecule has 1 amide bonds. The van der Waals surface area contributed by atoms with E-state index >= 15 is 0 Å². The summed E-state index contributed by atoms with van der Waals surface area (Å²) in [6, 6.07) is 4.79. The smallest absolute Gasteiger partial charge is 0.256 e. The number of rotatable bonds is 2. The maximum atomic E-state index is 13.7. The number of hydrogen-bond donors (Lipinski definition) is 0. The van der Waals surface area contributed by atoms with Crippen molar-refractivity contribution in [2.45, 2.75) is 26.7 Å². The first-order chi connectivity index (χ1) is 8.11. The second kappa shape index (κ2) is 4.86. The summed E-state index contributed by atoms with van der Waals surface area (Å²) in [7, 11) is 0. The lowest BCUT2D eigenvalue weighted by molar-refractivity contribution is 0.0782. The van der Waals surface area contributed by atoms with E-state index in [1.165, 1.54) is 6.07 Å². The number of likely N-dealkylation sites (tertiary alicyclic amines) is 1. The van der Waals surface area contributed by atoms with Crippen LogP contribution < -0.4 is 0 Å². The van der Waals surface area contributed by atoms with Gasteiger partial charge in [0.25, 0.3) is 5.91 Å². The highest BCUT2D eigenvalue weighted by Crippen LogP contribution is 2.22. The Labute approximate surface area is 101 Å². The van der Waals surface area contributed by atoms with Crippen molar-refractivity contribution >= 4 is 5.91 Å². The second-order valence-electron chi connectivity index (χ2n) is 4.80. The van der Waals surface area contributed by atoms with Crippen LogP contribution in [0.2, 0.25) is 0 Å². The molecule has 1 aromatic rings. The molecule has 2 rings (SSSR count). The summed E-state index contributed by atoms with van der Waals surface area (Å²) in [5, 5.41) is 0. The zero-order valence-electron chi connectivity index (χ0n) is 10.4. The average Bonchev–Trinajstić information content (AvgIpc) is 2.76. The zero-order valence-corrected chi connectivity index (χ0v) is 10.4. The van der Waals surface area contributed by atoms with Gasteiger partial charge in [0.1, 0.15) is 5.82 Å². The summed E-state index contributed by atoms with van der Waals surface area (Å²) in [6.07, 6.45) is 2.12. The van der Waals surface area contributed by atoms with E-state index in [2.05, 4.69) is 6.92 Å². The molecule has 0 radical (unpaired) electrons. The summed E-state index contributed by atoms with van der Waals surface area (Å²) >= 11 is 0. The van der Waals surface area contributed by atoms with Crippen molar-refractivity contribution in [2.24, 2.45) is 5.92 Å². The number of nitrogens with zero attached hydrogens (tertiary/aromatic N) is 1. The highest BCUT2D eigenvalue weighted by Gasteiger charge is 2.27. The van der Waals surface area contributed by atoms with Crippen LogP contribution in [-0.2, 0) is 0 Å². The third-order valence-corrected chi connectivity index (χ3v) is 3.51. The number of benzene rings is 1. The Bertz CT molecular complexity index is 430. The van der Waals surface area contributed by atoms with Crippen LogP contribution in [0.4, 0.5) is 4.39 Å². The Kier molecular flexibility index (Phi) is 3.46. The van der Waals surface area contributed by atoms with Gasteiger partial charge in [-0.3, -0.25) is 4.79 Å². The topological polar surface area (TPSA) is 20.3 Å². The molecule has 92 valence electrons. The molecular weight excluding hydrogens is 217 g/mol. The number of aryl methyl sites for hydroxylation is 1. The van der Waals surface area contributed by atoms with Crippen LogP contribution in [0.15, 0.2) is 18.2 Å². The third kappa shape index (κ3) is 2.48. The molecule has 1 fully saturated rings. The number of carbonyl (C=O) groups is 1. The standard InChI is InChI=1S/C14H18FNO/c1-3-11-6-7-16(9-11)14(17)12-5-4-10(2)8-13(12)15/h4-5,8,11H,3,6-7,9H2,1-2H3. The van der Waals surface area contributed by atoms with E-state index in [9.17, 15) is 9.18 Å². The predicted molar refractivity (Wildman–Crippen MR) is 65.4 cm³/mol. The molecule has 1 aliphatic rings. The van der Waals surface area contributed by atoms with Crippen molar-refractivity contribution in [1.82, 2.24) is 4.90 Å². The number of carbonyl (C=O) groups excluding carboxylic acids is 1. The van der Waals surface area contributed by atoms with E-state index < -0.39 is 5.82 Å². The first-order valence-corrected chi connectivity index (χ1v) is 6.17. The summed E-state index contributed by atoms with van der Waals surface area (Å²) < 4.78 is 13.7. The van der Waals surface area contributed by atoms with Crippen LogP contribution in [0, 0.1) is 18.7 Å². The number of halogens is 1. The monoisotopic (exact) mass is 235 g/mol. The maximum absolute atomic E-state index is 13.7. The minimum Gasteiger partial charge on any atom is -0.338 e. The zero-order chi connectivity index (χ0) is 12.4. The molecule has 2 nitrogen and oxygen atoms in total. The lowest BCUT2D eigenvalue weighted by Crippen LogP contribution is -2.29. The van der Waals surface area contributed by atoms with E-state index in [0.717, 1.165) is 31.5 Å². The van der Waals surface area contributed by atoms with Crippen molar-refractivity contribution in [3.63, 3.8) is 0 Å². The van der Waals surface area contributed by atoms with Gasteiger partial charge in [-0.1, -0.05) is 19.4 Å². The molecule has 1 atom stereocenters. The third-order valence-electron chi connectivity index (χ3n) is 3.51. The largest absolute Gasteiger partial charge is 0.338 e. The van der Waals surface area contributed by atoms with E-state index in [1.807, 2.05) is 6.92 Å². The first-order valence-electron chi connectivity index (χ1n) is 6.17. The summed E-state index contributed by atoms with van der Waals surface area (Å²) in [6.45, 7) is 5.47. The Balaban J connectivity index is 2.15. The lowest BCUT2D eigenvalue weighted by atomic mass is 10.1. The van der Waals surface area contributed by atoms with Crippen LogP contribution >= 0.6 is 0 Å². The number of hydrogen-bond acceptors (Lipinski definition) is 1. The Morgan fingerprint density at radius 1 is 1.53 bits per heavy atom. The molecule has 0 spiro atoms. The van der Waals surface area contributed by atoms with Crippen LogP contribution in [0.1, 0.15) is 35.7 Å². The van der Waals surface area contributed by atoms with Gasteiger partial charge in [-0.25, -0.2) is 4.39 Å². The average molecular weight is 235 g/mol. The second-order valence-corrected chi connectivity index (χ2v) is 4.80. The molecule has 0 aromatic heterocycles. The van der Waals surface area contributed by atoms with Gasteiger partial charge in [0.2, 0.25) is 0 Å². The van der Waals surface area contributed by atoms with Crippen molar-refractivity contribution in [1.29, 1.82) is 0 Å². The van der Waals surface area contributed by atoms with Gasteiger partial charge < -0.3 is 4.90 Å². The van der Waals surface area contributed by atoms with Crippen molar-refractivity contribution in [2.75, 3.05) is 13.1 Å². The lowest BCUT2D eigenvalue weighted by Gasteiger charge is -2.16. The van der Waals surface area contributed by atoms with Gasteiger partial charge in [0, 0.05) is 13.1 Å². The fraction of sp³-hybridized carbons (Fsp3) is 0.500. The fourth-order valence-corrected chi connectivity index (χ4v) is 2.31. The highest BCUT2D eigenvalue weighted by molar-refractivity contribution is 5.94. The summed E-state index contributed by atoms with van der Waals surface area (Å²) in [4.78, 5) is 13.9. The van der Waals surface area contributed by atoms with Crippen LogP contribution in [-0.4, -0.2) is 23.9 Å². The predicted octanol–water partition coefficient (Wildman–Crippen LogP) is 3.01. The SMILES string of the molecule is CCC1CCN(C(=O)c2ccc(C)cc2F)C1. The molecule has 1 aromatic carbocycles.